The van der Waals surface area contributed by atoms with E-state index in [4.69, 9.17) is 0 Å². The van der Waals surface area contributed by atoms with Crippen molar-refractivity contribution in [3.8, 4) is 44.5 Å². The van der Waals surface area contributed by atoms with Gasteiger partial charge in [0.05, 0.1) is 0 Å². The SMILES string of the molecule is Cc1ccc(-c2ccc3c(c2)N(C)c2ccc4c5c(ccc-3c25)-c2ccc(-c3ccc(C)cc3)cc2N4C)cc1. The molecule has 0 unspecified atom stereocenters. The predicted octanol–water partition coefficient (Wildman–Crippen LogP) is 10.3. The molecule has 6 aromatic rings. The molecule has 2 aliphatic heterocycles. The highest BCUT2D eigenvalue weighted by molar-refractivity contribution is 6.22. The second kappa shape index (κ2) is 8.34. The lowest BCUT2D eigenvalue weighted by Gasteiger charge is -2.36. The molecule has 0 aromatic heterocycles. The first-order chi connectivity index (χ1) is 19.5. The van der Waals surface area contributed by atoms with Crippen LogP contribution in [-0.4, -0.2) is 14.1 Å². The summed E-state index contributed by atoms with van der Waals surface area (Å²) in [5, 5.41) is 2.68. The number of benzene rings is 6. The third kappa shape index (κ3) is 3.23. The maximum atomic E-state index is 2.37. The summed E-state index contributed by atoms with van der Waals surface area (Å²) in [5.41, 5.74) is 17.8. The molecule has 192 valence electrons. The fourth-order valence-corrected chi connectivity index (χ4v) is 6.65. The van der Waals surface area contributed by atoms with Crippen molar-refractivity contribution in [2.45, 2.75) is 13.8 Å². The number of hydrogen-bond acceptors (Lipinski definition) is 2. The van der Waals surface area contributed by atoms with E-state index in [1.54, 1.807) is 0 Å². The molecule has 6 aromatic carbocycles. The minimum absolute atomic E-state index is 1.25. The molecule has 2 aliphatic rings. The van der Waals surface area contributed by atoms with Gasteiger partial charge in [-0.25, -0.2) is 0 Å². The lowest BCUT2D eigenvalue weighted by Crippen LogP contribution is -2.19. The van der Waals surface area contributed by atoms with Crippen LogP contribution in [0, 0.1) is 13.8 Å². The van der Waals surface area contributed by atoms with Gasteiger partial charge in [-0.05, 0) is 71.5 Å². The molecular weight excluding hydrogens is 484 g/mol. The zero-order chi connectivity index (χ0) is 27.1. The first kappa shape index (κ1) is 23.1. The summed E-state index contributed by atoms with van der Waals surface area (Å²) in [6.45, 7) is 4.27. The van der Waals surface area contributed by atoms with Crippen molar-refractivity contribution in [1.82, 2.24) is 0 Å². The number of anilines is 4. The molecule has 2 nitrogen and oxygen atoms in total. The quantitative estimate of drug-likeness (QED) is 0.227. The summed E-state index contributed by atoms with van der Waals surface area (Å²) in [6.07, 6.45) is 0. The number of aryl methyl sites for hydroxylation is 2. The van der Waals surface area contributed by atoms with Gasteiger partial charge in [-0.2, -0.15) is 0 Å². The highest BCUT2D eigenvalue weighted by atomic mass is 15.1. The summed E-state index contributed by atoms with van der Waals surface area (Å²) in [4.78, 5) is 4.75. The van der Waals surface area contributed by atoms with Crippen molar-refractivity contribution in [1.29, 1.82) is 0 Å². The summed E-state index contributed by atoms with van der Waals surface area (Å²) < 4.78 is 0. The van der Waals surface area contributed by atoms with E-state index in [1.807, 2.05) is 0 Å². The van der Waals surface area contributed by atoms with E-state index >= 15 is 0 Å². The minimum atomic E-state index is 1.25. The van der Waals surface area contributed by atoms with Crippen molar-refractivity contribution in [3.05, 3.63) is 120 Å². The van der Waals surface area contributed by atoms with Gasteiger partial charge in [-0.1, -0.05) is 96.1 Å². The van der Waals surface area contributed by atoms with E-state index in [0.29, 0.717) is 0 Å². The van der Waals surface area contributed by atoms with Crippen LogP contribution in [0.1, 0.15) is 11.1 Å². The maximum absolute atomic E-state index is 2.37. The molecular formula is C38H30N2. The van der Waals surface area contributed by atoms with E-state index in [-0.39, 0.29) is 0 Å². The second-order valence-electron chi connectivity index (χ2n) is 11.3. The summed E-state index contributed by atoms with van der Waals surface area (Å²) in [6, 6.07) is 40.8. The molecule has 40 heavy (non-hydrogen) atoms. The van der Waals surface area contributed by atoms with Crippen LogP contribution < -0.4 is 9.80 Å². The Balaban J connectivity index is 1.31. The van der Waals surface area contributed by atoms with Crippen LogP contribution in [-0.2, 0) is 0 Å². The average molecular weight is 515 g/mol. The Bertz CT molecular complexity index is 1840. The fraction of sp³-hybridized carbons (Fsp3) is 0.105. The van der Waals surface area contributed by atoms with Gasteiger partial charge in [-0.15, -0.1) is 0 Å². The van der Waals surface area contributed by atoms with E-state index in [2.05, 4.69) is 147 Å². The third-order valence-corrected chi connectivity index (χ3v) is 8.91. The Hall–Kier alpha value is -4.82. The van der Waals surface area contributed by atoms with Gasteiger partial charge in [-0.3, -0.25) is 0 Å². The van der Waals surface area contributed by atoms with E-state index in [1.165, 1.54) is 89.2 Å². The Morgan fingerprint density at radius 1 is 0.350 bits per heavy atom. The van der Waals surface area contributed by atoms with E-state index in [9.17, 15) is 0 Å². The number of fused-ring (bicyclic) bond motifs is 4. The smallest absolute Gasteiger partial charge is 0.0496 e. The van der Waals surface area contributed by atoms with Gasteiger partial charge in [0.15, 0.2) is 0 Å². The minimum Gasteiger partial charge on any atom is -0.344 e. The van der Waals surface area contributed by atoms with Crippen LogP contribution >= 0.6 is 0 Å². The van der Waals surface area contributed by atoms with Crippen molar-refractivity contribution >= 4 is 33.5 Å². The van der Waals surface area contributed by atoms with Crippen molar-refractivity contribution < 1.29 is 0 Å². The van der Waals surface area contributed by atoms with Crippen LogP contribution in [0.3, 0.4) is 0 Å². The van der Waals surface area contributed by atoms with Gasteiger partial charge in [0.2, 0.25) is 0 Å². The van der Waals surface area contributed by atoms with Gasteiger partial charge in [0.1, 0.15) is 0 Å². The molecule has 0 saturated carbocycles. The summed E-state index contributed by atoms with van der Waals surface area (Å²) >= 11 is 0. The zero-order valence-corrected chi connectivity index (χ0v) is 23.3. The molecule has 0 saturated heterocycles. The lowest BCUT2D eigenvalue weighted by atomic mass is 9.83. The molecule has 0 atom stereocenters. The molecule has 0 aliphatic carbocycles. The third-order valence-electron chi connectivity index (χ3n) is 8.91. The van der Waals surface area contributed by atoms with Crippen molar-refractivity contribution in [3.63, 3.8) is 0 Å². The zero-order valence-electron chi connectivity index (χ0n) is 23.3. The highest BCUT2D eigenvalue weighted by Gasteiger charge is 2.30. The molecule has 0 amide bonds. The van der Waals surface area contributed by atoms with Crippen LogP contribution in [0.2, 0.25) is 0 Å². The number of rotatable bonds is 2. The first-order valence-electron chi connectivity index (χ1n) is 14.0. The molecule has 0 fully saturated rings. The molecule has 0 radical (unpaired) electrons. The second-order valence-corrected chi connectivity index (χ2v) is 11.3. The van der Waals surface area contributed by atoms with Crippen molar-refractivity contribution in [2.75, 3.05) is 23.9 Å². The standard InChI is InChI=1S/C38H30N2/c1-23-5-9-25(10-6-23)27-13-15-29-31-17-18-32-30-16-14-28(26-11-7-24(2)8-12-26)22-36(30)40(4)34-20-19-33(37(31)38(32)34)39(3)35(29)21-27/h5-22H,1-4H3. The molecule has 0 spiro atoms. The molecule has 2 heterocycles. The summed E-state index contributed by atoms with van der Waals surface area (Å²) in [5.74, 6) is 0. The maximum Gasteiger partial charge on any atom is 0.0496 e. The molecule has 8 rings (SSSR count). The van der Waals surface area contributed by atoms with E-state index < -0.39 is 0 Å². The van der Waals surface area contributed by atoms with E-state index in [0.717, 1.165) is 0 Å². The first-order valence-corrected chi connectivity index (χ1v) is 14.0. The van der Waals surface area contributed by atoms with Gasteiger partial charge < -0.3 is 9.80 Å². The molecule has 0 bridgehead atoms. The topological polar surface area (TPSA) is 6.48 Å². The lowest BCUT2D eigenvalue weighted by molar-refractivity contribution is 1.19. The van der Waals surface area contributed by atoms with Crippen LogP contribution in [0.4, 0.5) is 22.7 Å². The molecule has 2 heteroatoms. The van der Waals surface area contributed by atoms with Gasteiger partial charge >= 0.3 is 0 Å². The fourth-order valence-electron chi connectivity index (χ4n) is 6.65. The van der Waals surface area contributed by atoms with Gasteiger partial charge in [0.25, 0.3) is 0 Å². The summed E-state index contributed by atoms with van der Waals surface area (Å²) in [7, 11) is 4.41. The Morgan fingerprint density at radius 3 is 1.10 bits per heavy atom. The Labute approximate surface area is 235 Å². The molecule has 0 N–H and O–H groups in total. The predicted molar refractivity (Wildman–Crippen MR) is 171 cm³/mol. The highest BCUT2D eigenvalue weighted by Crippen LogP contribution is 2.55. The normalized spacial score (nSPS) is 12.9. The Morgan fingerprint density at radius 2 is 0.700 bits per heavy atom. The largest absolute Gasteiger partial charge is 0.344 e. The van der Waals surface area contributed by atoms with Gasteiger partial charge in [0, 0.05) is 58.7 Å². The Kier molecular flexibility index (Phi) is 4.82. The van der Waals surface area contributed by atoms with Crippen LogP contribution in [0.5, 0.6) is 0 Å². The monoisotopic (exact) mass is 514 g/mol. The van der Waals surface area contributed by atoms with Crippen LogP contribution in [0.25, 0.3) is 55.3 Å². The number of hydrogen-bond donors (Lipinski definition) is 0. The number of nitrogens with zero attached hydrogens (tertiary/aromatic N) is 2. The van der Waals surface area contributed by atoms with Crippen LogP contribution in [0.15, 0.2) is 109 Å². The average Bonchev–Trinajstić information content (AvgIpc) is 2.99. The van der Waals surface area contributed by atoms with Crippen molar-refractivity contribution in [2.24, 2.45) is 0 Å².